The van der Waals surface area contributed by atoms with E-state index < -0.39 is 0 Å². The number of benzene rings is 1. The van der Waals surface area contributed by atoms with E-state index in [1.165, 1.54) is 6.20 Å². The molecule has 2 aromatic rings. The third kappa shape index (κ3) is 7.07. The monoisotopic (exact) mass is 458 g/mol. The predicted octanol–water partition coefficient (Wildman–Crippen LogP) is 3.97. The smallest absolute Gasteiger partial charge is 0.230 e. The van der Waals surface area contributed by atoms with Crippen LogP contribution in [0.1, 0.15) is 24.8 Å². The zero-order chi connectivity index (χ0) is 19.2. The van der Waals surface area contributed by atoms with Crippen LogP contribution in [0.5, 0.6) is 0 Å². The number of para-hydroxylation sites is 1. The van der Waals surface area contributed by atoms with Crippen LogP contribution in [0.2, 0.25) is 5.02 Å². The number of carbonyl (C=O) groups excluding carboxylic acids is 2. The van der Waals surface area contributed by atoms with Gasteiger partial charge in [-0.15, -0.1) is 24.8 Å². The van der Waals surface area contributed by atoms with E-state index in [-0.39, 0.29) is 42.5 Å². The molecule has 1 fully saturated rings. The fraction of sp³-hybridized carbons (Fsp3) is 0.350. The van der Waals surface area contributed by atoms with Crippen molar-refractivity contribution in [3.05, 3.63) is 53.2 Å². The predicted molar refractivity (Wildman–Crippen MR) is 121 cm³/mol. The van der Waals surface area contributed by atoms with Crippen molar-refractivity contribution in [1.29, 1.82) is 0 Å². The summed E-state index contributed by atoms with van der Waals surface area (Å²) >= 11 is 5.81. The van der Waals surface area contributed by atoms with Gasteiger partial charge < -0.3 is 16.0 Å². The lowest BCUT2D eigenvalue weighted by Gasteiger charge is -2.32. The Morgan fingerprint density at radius 1 is 1.21 bits per heavy atom. The highest BCUT2D eigenvalue weighted by molar-refractivity contribution is 6.30. The summed E-state index contributed by atoms with van der Waals surface area (Å²) in [6, 6.07) is 10.9. The van der Waals surface area contributed by atoms with Crippen molar-refractivity contribution in [2.75, 3.05) is 24.1 Å². The quantitative estimate of drug-likeness (QED) is 0.662. The van der Waals surface area contributed by atoms with Crippen LogP contribution in [0.15, 0.2) is 42.6 Å². The molecule has 6 nitrogen and oxygen atoms in total. The Balaban J connectivity index is 0.00000210. The first kappa shape index (κ1) is 25.0. The molecule has 0 spiro atoms. The Morgan fingerprint density at radius 2 is 1.97 bits per heavy atom. The van der Waals surface area contributed by atoms with Crippen molar-refractivity contribution >= 4 is 59.7 Å². The van der Waals surface area contributed by atoms with E-state index in [4.69, 9.17) is 17.3 Å². The number of amides is 2. The van der Waals surface area contributed by atoms with Gasteiger partial charge >= 0.3 is 0 Å². The number of likely N-dealkylation sites (tertiary alicyclic amines) is 1. The lowest BCUT2D eigenvalue weighted by molar-refractivity contribution is -0.134. The van der Waals surface area contributed by atoms with Crippen LogP contribution in [0.3, 0.4) is 0 Å². The number of carbonyl (C=O) groups is 2. The number of aryl methyl sites for hydroxylation is 1. The Bertz CT molecular complexity index is 818. The van der Waals surface area contributed by atoms with Crippen molar-refractivity contribution in [2.24, 2.45) is 5.92 Å². The van der Waals surface area contributed by atoms with Crippen LogP contribution in [0, 0.1) is 5.92 Å². The van der Waals surface area contributed by atoms with E-state index >= 15 is 0 Å². The second-order valence-electron chi connectivity index (χ2n) is 6.73. The molecule has 1 aromatic carbocycles. The number of nitrogen functional groups attached to an aromatic ring is 1. The van der Waals surface area contributed by atoms with E-state index in [1.807, 2.05) is 24.3 Å². The minimum atomic E-state index is -0.234. The highest BCUT2D eigenvalue weighted by Gasteiger charge is 2.28. The summed E-state index contributed by atoms with van der Waals surface area (Å²) in [5.41, 5.74) is 7.62. The molecule has 9 heteroatoms. The molecule has 2 amide bonds. The van der Waals surface area contributed by atoms with Gasteiger partial charge in [0.2, 0.25) is 11.8 Å². The average Bonchev–Trinajstić information content (AvgIpc) is 2.69. The SMILES string of the molecule is Cl.Cl.Nc1ccccc1CCC(=O)N1CCCC(C(=O)Nc2ccc(Cl)cn2)C1. The number of nitrogens with zero attached hydrogens (tertiary/aromatic N) is 2. The highest BCUT2D eigenvalue weighted by Crippen LogP contribution is 2.20. The zero-order valence-electron chi connectivity index (χ0n) is 15.8. The van der Waals surface area contributed by atoms with E-state index in [9.17, 15) is 9.59 Å². The first-order valence-electron chi connectivity index (χ1n) is 9.06. The Labute approximate surface area is 188 Å². The third-order valence-electron chi connectivity index (χ3n) is 4.79. The lowest BCUT2D eigenvalue weighted by atomic mass is 9.96. The van der Waals surface area contributed by atoms with Crippen LogP contribution in [-0.4, -0.2) is 34.8 Å². The summed E-state index contributed by atoms with van der Waals surface area (Å²) in [4.78, 5) is 30.9. The van der Waals surface area contributed by atoms with Crippen molar-refractivity contribution in [1.82, 2.24) is 9.88 Å². The molecule has 1 unspecified atom stereocenters. The van der Waals surface area contributed by atoms with E-state index in [0.29, 0.717) is 42.5 Å². The Kier molecular flexibility index (Phi) is 10.2. The maximum atomic E-state index is 12.6. The van der Waals surface area contributed by atoms with E-state index in [1.54, 1.807) is 17.0 Å². The summed E-state index contributed by atoms with van der Waals surface area (Å²) in [5.74, 6) is 0.171. The van der Waals surface area contributed by atoms with E-state index in [2.05, 4.69) is 10.3 Å². The number of hydrogen-bond donors (Lipinski definition) is 2. The van der Waals surface area contributed by atoms with Crippen LogP contribution >= 0.6 is 36.4 Å². The summed E-state index contributed by atoms with van der Waals surface area (Å²) in [6.45, 7) is 1.12. The van der Waals surface area contributed by atoms with Gasteiger partial charge in [0, 0.05) is 31.4 Å². The first-order valence-corrected chi connectivity index (χ1v) is 9.44. The number of aromatic nitrogens is 1. The molecule has 1 aliphatic heterocycles. The molecule has 158 valence electrons. The maximum Gasteiger partial charge on any atom is 0.230 e. The van der Waals surface area contributed by atoms with Crippen LogP contribution in [-0.2, 0) is 16.0 Å². The Hall–Kier alpha value is -2.02. The summed E-state index contributed by atoms with van der Waals surface area (Å²) in [5, 5.41) is 3.32. The number of halogens is 3. The van der Waals surface area contributed by atoms with Gasteiger partial charge in [-0.3, -0.25) is 9.59 Å². The summed E-state index contributed by atoms with van der Waals surface area (Å²) in [6.07, 6.45) is 4.05. The molecule has 0 saturated carbocycles. The molecule has 2 heterocycles. The summed E-state index contributed by atoms with van der Waals surface area (Å²) < 4.78 is 0. The number of anilines is 2. The number of nitrogens with two attached hydrogens (primary N) is 1. The lowest BCUT2D eigenvalue weighted by Crippen LogP contribution is -2.43. The van der Waals surface area contributed by atoms with Crippen molar-refractivity contribution < 1.29 is 9.59 Å². The molecule has 3 rings (SSSR count). The first-order chi connectivity index (χ1) is 13.0. The van der Waals surface area contributed by atoms with Gasteiger partial charge in [-0.2, -0.15) is 0 Å². The van der Waals surface area contributed by atoms with Crippen molar-refractivity contribution in [2.45, 2.75) is 25.7 Å². The minimum absolute atomic E-state index is 0. The van der Waals surface area contributed by atoms with Crippen molar-refractivity contribution in [3.8, 4) is 0 Å². The molecule has 0 bridgehead atoms. The minimum Gasteiger partial charge on any atom is -0.399 e. The fourth-order valence-electron chi connectivity index (χ4n) is 3.26. The number of piperidine rings is 1. The van der Waals surface area contributed by atoms with Gasteiger partial charge in [0.25, 0.3) is 0 Å². The number of pyridine rings is 1. The number of hydrogen-bond acceptors (Lipinski definition) is 4. The van der Waals surface area contributed by atoms with E-state index in [0.717, 1.165) is 18.4 Å². The molecule has 29 heavy (non-hydrogen) atoms. The Morgan fingerprint density at radius 3 is 2.66 bits per heavy atom. The summed E-state index contributed by atoms with van der Waals surface area (Å²) in [7, 11) is 0. The zero-order valence-corrected chi connectivity index (χ0v) is 18.2. The largest absolute Gasteiger partial charge is 0.399 e. The molecule has 0 aliphatic carbocycles. The topological polar surface area (TPSA) is 88.3 Å². The van der Waals surface area contributed by atoms with Gasteiger partial charge in [0.1, 0.15) is 5.82 Å². The molecule has 1 aromatic heterocycles. The molecule has 0 radical (unpaired) electrons. The molecule has 1 saturated heterocycles. The van der Waals surface area contributed by atoms with Gasteiger partial charge in [0.05, 0.1) is 10.9 Å². The van der Waals surface area contributed by atoms with Crippen LogP contribution in [0.4, 0.5) is 11.5 Å². The van der Waals surface area contributed by atoms with Gasteiger partial charge in [-0.1, -0.05) is 29.8 Å². The molecular weight excluding hydrogens is 435 g/mol. The standard InChI is InChI=1S/C20H23ClN4O2.2ClH/c21-16-8-9-18(23-12-16)24-20(27)15-5-3-11-25(13-15)19(26)10-7-14-4-1-2-6-17(14)22;;/h1-2,4,6,8-9,12,15H,3,5,7,10-11,13,22H2,(H,23,24,27);2*1H. The normalized spacial score (nSPS) is 15.6. The molecule has 3 N–H and O–H groups in total. The number of rotatable bonds is 5. The number of nitrogens with one attached hydrogen (secondary N) is 1. The van der Waals surface area contributed by atoms with Crippen LogP contribution < -0.4 is 11.1 Å². The van der Waals surface area contributed by atoms with Gasteiger partial charge in [-0.25, -0.2) is 4.98 Å². The third-order valence-corrected chi connectivity index (χ3v) is 5.01. The fourth-order valence-corrected chi connectivity index (χ4v) is 3.37. The van der Waals surface area contributed by atoms with Crippen molar-refractivity contribution in [3.63, 3.8) is 0 Å². The molecular formula is C20H25Cl3N4O2. The second-order valence-corrected chi connectivity index (χ2v) is 7.17. The van der Waals surface area contributed by atoms with Crippen LogP contribution in [0.25, 0.3) is 0 Å². The molecule has 1 aliphatic rings. The highest BCUT2D eigenvalue weighted by atomic mass is 35.5. The maximum absolute atomic E-state index is 12.6. The van der Waals surface area contributed by atoms with Gasteiger partial charge in [-0.05, 0) is 43.0 Å². The molecule has 1 atom stereocenters. The average molecular weight is 460 g/mol. The van der Waals surface area contributed by atoms with Gasteiger partial charge in [0.15, 0.2) is 0 Å². The second kappa shape index (κ2) is 11.9.